The third kappa shape index (κ3) is 3.65. The molecule has 0 aromatic heterocycles. The van der Waals surface area contributed by atoms with Gasteiger partial charge in [0.2, 0.25) is 0 Å². The van der Waals surface area contributed by atoms with Crippen LogP contribution in [0.15, 0.2) is 12.1 Å². The zero-order valence-electron chi connectivity index (χ0n) is 11.5. The molecule has 4 nitrogen and oxygen atoms in total. The maximum Gasteiger partial charge on any atom is 0.188 e. The summed E-state index contributed by atoms with van der Waals surface area (Å²) in [5.41, 5.74) is 0.495. The van der Waals surface area contributed by atoms with E-state index in [1.165, 1.54) is 14.2 Å². The topological polar surface area (TPSA) is 44.8 Å². The number of carbonyl (C=O) groups excluding carboxylic acids is 1. The summed E-state index contributed by atoms with van der Waals surface area (Å²) in [6, 6.07) is 3.44. The quantitative estimate of drug-likeness (QED) is 0.583. The molecular formula is C12H17LiO4P. The van der Waals surface area contributed by atoms with E-state index in [1.54, 1.807) is 19.2 Å². The first kappa shape index (κ1) is 17.3. The van der Waals surface area contributed by atoms with Gasteiger partial charge in [0, 0.05) is 18.9 Å². The second-order valence-corrected chi connectivity index (χ2v) is 4.75. The van der Waals surface area contributed by atoms with Gasteiger partial charge in [0.1, 0.15) is 11.3 Å². The average molecular weight is 263 g/mol. The van der Waals surface area contributed by atoms with Gasteiger partial charge in [-0.15, -0.1) is 0 Å². The van der Waals surface area contributed by atoms with Crippen molar-refractivity contribution in [2.75, 3.05) is 27.5 Å². The number of methoxy groups -OCH3 is 3. The van der Waals surface area contributed by atoms with Gasteiger partial charge in [-0.2, -0.15) is 0 Å². The molecule has 0 spiro atoms. The molecular weight excluding hydrogens is 246 g/mol. The molecule has 6 heteroatoms. The van der Waals surface area contributed by atoms with Crippen molar-refractivity contribution in [1.29, 1.82) is 0 Å². The van der Waals surface area contributed by atoms with E-state index in [0.29, 0.717) is 22.8 Å². The predicted octanol–water partition coefficient (Wildman–Crippen LogP) is 2.17. The van der Waals surface area contributed by atoms with Gasteiger partial charge in [-0.05, 0) is 26.9 Å². The summed E-state index contributed by atoms with van der Waals surface area (Å²) >= 11 is 0. The van der Waals surface area contributed by atoms with Crippen molar-refractivity contribution in [2.45, 2.75) is 6.92 Å². The summed E-state index contributed by atoms with van der Waals surface area (Å²) < 4.78 is 15.6. The molecule has 0 N–H and O–H groups in total. The Bertz CT molecular complexity index is 409. The van der Waals surface area contributed by atoms with Crippen LogP contribution in [0.5, 0.6) is 17.2 Å². The van der Waals surface area contributed by atoms with Crippen molar-refractivity contribution in [3.8, 4) is 17.2 Å². The predicted molar refractivity (Wildman–Crippen MR) is 75.0 cm³/mol. The molecule has 0 heterocycles. The van der Waals surface area contributed by atoms with Crippen LogP contribution < -0.4 is 14.2 Å². The van der Waals surface area contributed by atoms with E-state index in [2.05, 4.69) is 0 Å². The van der Waals surface area contributed by atoms with Crippen LogP contribution in [0.2, 0.25) is 0 Å². The zero-order valence-corrected chi connectivity index (χ0v) is 12.5. The Labute approximate surface area is 121 Å². The molecule has 18 heavy (non-hydrogen) atoms. The molecule has 0 aliphatic carbocycles. The molecule has 1 aromatic rings. The minimum atomic E-state index is 0. The van der Waals surface area contributed by atoms with Gasteiger partial charge in [-0.25, -0.2) is 0 Å². The van der Waals surface area contributed by atoms with Crippen LogP contribution in [-0.2, 0) is 0 Å². The fraction of sp³-hybridized carbons (Fsp3) is 0.417. The molecule has 0 saturated heterocycles. The van der Waals surface area contributed by atoms with Gasteiger partial charge in [-0.1, -0.05) is 6.92 Å². The van der Waals surface area contributed by atoms with Crippen molar-refractivity contribution in [3.05, 3.63) is 17.7 Å². The fourth-order valence-electron chi connectivity index (χ4n) is 1.54. The van der Waals surface area contributed by atoms with Crippen molar-refractivity contribution in [1.82, 2.24) is 0 Å². The summed E-state index contributed by atoms with van der Waals surface area (Å²) in [6.07, 6.45) is 0.808. The van der Waals surface area contributed by atoms with Gasteiger partial charge in [0.25, 0.3) is 0 Å². The summed E-state index contributed by atoms with van der Waals surface area (Å²) in [5.74, 6) is 1.50. The van der Waals surface area contributed by atoms with E-state index in [0.717, 1.165) is 6.16 Å². The van der Waals surface area contributed by atoms with Crippen molar-refractivity contribution in [2.24, 2.45) is 0 Å². The normalized spacial score (nSPS) is 10.0. The SMILES string of the molecule is CCPC(=O)c1c(OC)ccc(OC)c1OC.[Li]. The first-order chi connectivity index (χ1) is 8.19. The molecule has 1 rings (SSSR count). The molecule has 1 atom stereocenters. The summed E-state index contributed by atoms with van der Waals surface area (Å²) in [7, 11) is 4.80. The molecule has 0 fully saturated rings. The molecule has 0 saturated carbocycles. The molecule has 0 amide bonds. The van der Waals surface area contributed by atoms with E-state index in [4.69, 9.17) is 14.2 Å². The van der Waals surface area contributed by atoms with Gasteiger partial charge in [0.15, 0.2) is 17.0 Å². The Hall–Kier alpha value is -0.683. The van der Waals surface area contributed by atoms with Crippen LogP contribution in [0.25, 0.3) is 0 Å². The Morgan fingerprint density at radius 2 is 1.67 bits per heavy atom. The molecule has 95 valence electrons. The van der Waals surface area contributed by atoms with Gasteiger partial charge >= 0.3 is 0 Å². The number of hydrogen-bond acceptors (Lipinski definition) is 4. The van der Waals surface area contributed by atoms with Crippen LogP contribution in [-0.4, -0.2) is 51.9 Å². The van der Waals surface area contributed by atoms with E-state index in [1.807, 2.05) is 6.92 Å². The van der Waals surface area contributed by atoms with Gasteiger partial charge in [0.05, 0.1) is 21.3 Å². The minimum absolute atomic E-state index is 0. The molecule has 1 radical (unpaired) electrons. The van der Waals surface area contributed by atoms with Crippen molar-refractivity contribution in [3.63, 3.8) is 0 Å². The smallest absolute Gasteiger partial charge is 0.188 e. The first-order valence-corrected chi connectivity index (χ1v) is 6.47. The molecule has 1 aromatic carbocycles. The maximum atomic E-state index is 12.1. The first-order valence-electron chi connectivity index (χ1n) is 5.26. The molecule has 0 bridgehead atoms. The summed E-state index contributed by atoms with van der Waals surface area (Å²) in [4.78, 5) is 12.1. The second kappa shape index (κ2) is 8.42. The second-order valence-electron chi connectivity index (χ2n) is 3.24. The van der Waals surface area contributed by atoms with Gasteiger partial charge < -0.3 is 14.2 Å². The van der Waals surface area contributed by atoms with Crippen LogP contribution in [0.3, 0.4) is 0 Å². The standard InChI is InChI=1S/C12H17O4P.Li/c1-5-17-12(13)10-8(14-2)6-7-9(15-3)11(10)16-4;/h6-7,17H,5H2,1-4H3;. The number of ether oxygens (including phenoxy) is 3. The van der Waals surface area contributed by atoms with E-state index >= 15 is 0 Å². The van der Waals surface area contributed by atoms with E-state index < -0.39 is 0 Å². The maximum absolute atomic E-state index is 12.1. The van der Waals surface area contributed by atoms with Crippen molar-refractivity contribution < 1.29 is 19.0 Å². The van der Waals surface area contributed by atoms with Crippen LogP contribution >= 0.6 is 8.58 Å². The largest absolute Gasteiger partial charge is 0.496 e. The van der Waals surface area contributed by atoms with Crippen LogP contribution in [0.4, 0.5) is 0 Å². The van der Waals surface area contributed by atoms with Crippen LogP contribution in [0, 0.1) is 0 Å². The van der Waals surface area contributed by atoms with Gasteiger partial charge in [-0.3, -0.25) is 4.79 Å². The Morgan fingerprint density at radius 3 is 2.11 bits per heavy atom. The Kier molecular flexibility index (Phi) is 8.11. The number of rotatable bonds is 6. The Morgan fingerprint density at radius 1 is 1.11 bits per heavy atom. The van der Waals surface area contributed by atoms with Crippen molar-refractivity contribution >= 4 is 33.0 Å². The summed E-state index contributed by atoms with van der Waals surface area (Å²) in [5, 5.41) is 0. The monoisotopic (exact) mass is 263 g/mol. The molecule has 0 aliphatic rings. The third-order valence-corrected chi connectivity index (χ3v) is 3.22. The van der Waals surface area contributed by atoms with E-state index in [-0.39, 0.29) is 33.0 Å². The Balaban J connectivity index is 0.00000289. The third-order valence-electron chi connectivity index (χ3n) is 2.29. The number of benzene rings is 1. The fourth-order valence-corrected chi connectivity index (χ4v) is 2.28. The molecule has 1 unspecified atom stereocenters. The molecule has 0 aliphatic heterocycles. The van der Waals surface area contributed by atoms with E-state index in [9.17, 15) is 4.79 Å². The average Bonchev–Trinajstić information content (AvgIpc) is 2.36. The number of carbonyl (C=O) groups is 1. The minimum Gasteiger partial charge on any atom is -0.496 e. The van der Waals surface area contributed by atoms with Crippen LogP contribution in [0.1, 0.15) is 17.3 Å². The summed E-state index contributed by atoms with van der Waals surface area (Å²) in [6.45, 7) is 1.97. The number of hydrogen-bond donors (Lipinski definition) is 0. The zero-order chi connectivity index (χ0) is 12.8.